The number of nitrogens with one attached hydrogen (secondary N) is 1. The van der Waals surface area contributed by atoms with Gasteiger partial charge in [-0.1, -0.05) is 11.8 Å². The molecule has 1 rings (SSSR count). The van der Waals surface area contributed by atoms with Gasteiger partial charge in [0.25, 0.3) is 0 Å². The highest BCUT2D eigenvalue weighted by atomic mass is 16.5. The number of nitrogens with two attached hydrogens (primary N) is 1. The van der Waals surface area contributed by atoms with Crippen molar-refractivity contribution in [2.24, 2.45) is 5.73 Å². The highest BCUT2D eigenvalue weighted by Gasteiger charge is 2.20. The molecule has 0 aliphatic heterocycles. The average molecular weight is 260 g/mol. The van der Waals surface area contributed by atoms with Gasteiger partial charge in [-0.3, -0.25) is 4.79 Å². The van der Waals surface area contributed by atoms with Crippen LogP contribution in [-0.4, -0.2) is 25.2 Å². The van der Waals surface area contributed by atoms with Gasteiger partial charge in [-0.05, 0) is 38.1 Å². The molecule has 4 heteroatoms. The third-order valence-electron chi connectivity index (χ3n) is 2.64. The fraction of sp³-hybridized carbons (Fsp3) is 0.400. The summed E-state index contributed by atoms with van der Waals surface area (Å²) < 4.78 is 5.22. The van der Waals surface area contributed by atoms with E-state index in [0.717, 1.165) is 11.3 Å². The van der Waals surface area contributed by atoms with Crippen molar-refractivity contribution in [1.82, 2.24) is 0 Å². The molecule has 0 radical (unpaired) electrons. The number of anilines is 1. The summed E-state index contributed by atoms with van der Waals surface area (Å²) in [6.45, 7) is 4.08. The second-order valence-corrected chi connectivity index (χ2v) is 4.77. The standard InChI is InChI=1S/C15H20N2O2/c1-15(2,19-3)11-14(18)17-13-8-6-12(7-9-13)5-4-10-16/h6-9H,10-11,16H2,1-3H3,(H,17,18). The first-order valence-electron chi connectivity index (χ1n) is 6.11. The normalized spacial score (nSPS) is 10.5. The van der Waals surface area contributed by atoms with Crippen LogP contribution >= 0.6 is 0 Å². The Labute approximate surface area is 114 Å². The summed E-state index contributed by atoms with van der Waals surface area (Å²) in [4.78, 5) is 11.8. The quantitative estimate of drug-likeness (QED) is 0.811. The van der Waals surface area contributed by atoms with Gasteiger partial charge in [0.15, 0.2) is 0 Å². The van der Waals surface area contributed by atoms with Crippen molar-refractivity contribution < 1.29 is 9.53 Å². The highest BCUT2D eigenvalue weighted by Crippen LogP contribution is 2.15. The van der Waals surface area contributed by atoms with Gasteiger partial charge >= 0.3 is 0 Å². The van der Waals surface area contributed by atoms with Gasteiger partial charge in [0, 0.05) is 18.4 Å². The van der Waals surface area contributed by atoms with E-state index in [1.165, 1.54) is 0 Å². The first-order valence-corrected chi connectivity index (χ1v) is 6.11. The van der Waals surface area contributed by atoms with Crippen LogP contribution in [-0.2, 0) is 9.53 Å². The summed E-state index contributed by atoms with van der Waals surface area (Å²) in [5, 5.41) is 2.82. The summed E-state index contributed by atoms with van der Waals surface area (Å²) in [6, 6.07) is 7.33. The molecular weight excluding hydrogens is 240 g/mol. The van der Waals surface area contributed by atoms with E-state index in [2.05, 4.69) is 17.2 Å². The van der Waals surface area contributed by atoms with E-state index in [0.29, 0.717) is 13.0 Å². The number of carbonyl (C=O) groups excluding carboxylic acids is 1. The Morgan fingerprint density at radius 3 is 2.53 bits per heavy atom. The minimum Gasteiger partial charge on any atom is -0.378 e. The Balaban J connectivity index is 2.61. The van der Waals surface area contributed by atoms with Crippen LogP contribution in [0.1, 0.15) is 25.8 Å². The highest BCUT2D eigenvalue weighted by molar-refractivity contribution is 5.91. The molecule has 0 atom stereocenters. The second kappa shape index (κ2) is 6.93. The maximum absolute atomic E-state index is 11.8. The minimum atomic E-state index is -0.462. The molecule has 0 aliphatic carbocycles. The van der Waals surface area contributed by atoms with Crippen molar-refractivity contribution in [2.45, 2.75) is 25.9 Å². The number of hydrogen-bond acceptors (Lipinski definition) is 3. The summed E-state index contributed by atoms with van der Waals surface area (Å²) >= 11 is 0. The number of carbonyl (C=O) groups is 1. The van der Waals surface area contributed by atoms with Crippen molar-refractivity contribution in [2.75, 3.05) is 19.0 Å². The molecule has 0 aliphatic rings. The molecule has 0 unspecified atom stereocenters. The van der Waals surface area contributed by atoms with Crippen molar-refractivity contribution in [3.05, 3.63) is 29.8 Å². The zero-order chi connectivity index (χ0) is 14.3. The van der Waals surface area contributed by atoms with Crippen molar-refractivity contribution >= 4 is 11.6 Å². The van der Waals surface area contributed by atoms with Crippen LogP contribution in [0.4, 0.5) is 5.69 Å². The molecule has 0 spiro atoms. The van der Waals surface area contributed by atoms with Gasteiger partial charge in [0.2, 0.25) is 5.91 Å². The Kier molecular flexibility index (Phi) is 5.56. The molecule has 1 aromatic rings. The third kappa shape index (κ3) is 5.56. The van der Waals surface area contributed by atoms with Crippen LogP contribution in [0.2, 0.25) is 0 Å². The number of benzene rings is 1. The largest absolute Gasteiger partial charge is 0.378 e. The Bertz CT molecular complexity index is 481. The van der Waals surface area contributed by atoms with Crippen LogP contribution in [0, 0.1) is 11.8 Å². The Morgan fingerprint density at radius 2 is 2.00 bits per heavy atom. The molecule has 0 saturated heterocycles. The topological polar surface area (TPSA) is 64.3 Å². The van der Waals surface area contributed by atoms with E-state index in [9.17, 15) is 4.79 Å². The summed E-state index contributed by atoms with van der Waals surface area (Å²) in [6.07, 6.45) is 0.304. The van der Waals surface area contributed by atoms with E-state index in [1.54, 1.807) is 7.11 Å². The summed E-state index contributed by atoms with van der Waals surface area (Å²) in [5.41, 5.74) is 6.46. The zero-order valence-corrected chi connectivity index (χ0v) is 11.6. The van der Waals surface area contributed by atoms with Gasteiger partial charge in [-0.2, -0.15) is 0 Å². The van der Waals surface area contributed by atoms with Crippen molar-refractivity contribution in [1.29, 1.82) is 0 Å². The second-order valence-electron chi connectivity index (χ2n) is 4.77. The van der Waals surface area contributed by atoms with Gasteiger partial charge in [-0.25, -0.2) is 0 Å². The van der Waals surface area contributed by atoms with Crippen LogP contribution < -0.4 is 11.1 Å². The summed E-state index contributed by atoms with van der Waals surface area (Å²) in [5.74, 6) is 5.63. The molecule has 3 N–H and O–H groups in total. The smallest absolute Gasteiger partial charge is 0.227 e. The molecule has 0 saturated carbocycles. The lowest BCUT2D eigenvalue weighted by Crippen LogP contribution is -2.29. The summed E-state index contributed by atoms with van der Waals surface area (Å²) in [7, 11) is 1.60. The van der Waals surface area contributed by atoms with Crippen molar-refractivity contribution in [3.63, 3.8) is 0 Å². The zero-order valence-electron chi connectivity index (χ0n) is 11.6. The van der Waals surface area contributed by atoms with Crippen LogP contribution in [0.3, 0.4) is 0 Å². The monoisotopic (exact) mass is 260 g/mol. The maximum Gasteiger partial charge on any atom is 0.227 e. The van der Waals surface area contributed by atoms with Crippen LogP contribution in [0.15, 0.2) is 24.3 Å². The molecule has 0 fully saturated rings. The van der Waals surface area contributed by atoms with E-state index in [4.69, 9.17) is 10.5 Å². The Morgan fingerprint density at radius 1 is 1.37 bits per heavy atom. The third-order valence-corrected chi connectivity index (χ3v) is 2.64. The molecule has 0 aromatic heterocycles. The number of hydrogen-bond donors (Lipinski definition) is 2. The number of amides is 1. The number of ether oxygens (including phenoxy) is 1. The Hall–Kier alpha value is -1.83. The van der Waals surface area contributed by atoms with Gasteiger partial charge in [0.05, 0.1) is 18.6 Å². The molecule has 1 aromatic carbocycles. The molecular formula is C15H20N2O2. The fourth-order valence-corrected chi connectivity index (χ4v) is 1.45. The first kappa shape index (κ1) is 15.2. The molecule has 1 amide bonds. The maximum atomic E-state index is 11.8. The van der Waals surface area contributed by atoms with Gasteiger partial charge in [0.1, 0.15) is 0 Å². The SMILES string of the molecule is COC(C)(C)CC(=O)Nc1ccc(C#CCN)cc1. The van der Waals surface area contributed by atoms with E-state index in [1.807, 2.05) is 38.1 Å². The first-order chi connectivity index (χ1) is 8.96. The predicted molar refractivity (Wildman–Crippen MR) is 76.7 cm³/mol. The molecule has 19 heavy (non-hydrogen) atoms. The van der Waals surface area contributed by atoms with Crippen LogP contribution in [0.5, 0.6) is 0 Å². The lowest BCUT2D eigenvalue weighted by molar-refractivity contribution is -0.121. The van der Waals surface area contributed by atoms with E-state index in [-0.39, 0.29) is 5.91 Å². The predicted octanol–water partition coefficient (Wildman–Crippen LogP) is 1.75. The van der Waals surface area contributed by atoms with E-state index >= 15 is 0 Å². The van der Waals surface area contributed by atoms with Crippen molar-refractivity contribution in [3.8, 4) is 11.8 Å². The van der Waals surface area contributed by atoms with E-state index < -0.39 is 5.60 Å². The molecule has 102 valence electrons. The van der Waals surface area contributed by atoms with Gasteiger partial charge in [-0.15, -0.1) is 0 Å². The minimum absolute atomic E-state index is 0.0763. The lowest BCUT2D eigenvalue weighted by Gasteiger charge is -2.21. The number of methoxy groups -OCH3 is 1. The molecule has 0 heterocycles. The molecule has 4 nitrogen and oxygen atoms in total. The molecule has 0 bridgehead atoms. The van der Waals surface area contributed by atoms with Crippen LogP contribution in [0.25, 0.3) is 0 Å². The lowest BCUT2D eigenvalue weighted by atomic mass is 10.0. The number of rotatable bonds is 4. The average Bonchev–Trinajstić information content (AvgIpc) is 2.37. The van der Waals surface area contributed by atoms with Gasteiger partial charge < -0.3 is 15.8 Å². The fourth-order valence-electron chi connectivity index (χ4n) is 1.45.